The van der Waals surface area contributed by atoms with E-state index < -0.39 is 0 Å². The van der Waals surface area contributed by atoms with Crippen LogP contribution in [0.4, 0.5) is 0 Å². The van der Waals surface area contributed by atoms with Gasteiger partial charge >= 0.3 is 0 Å². The first-order valence-electron chi connectivity index (χ1n) is 7.57. The minimum absolute atomic E-state index is 0.200. The van der Waals surface area contributed by atoms with Crippen molar-refractivity contribution in [3.63, 3.8) is 0 Å². The number of pyridine rings is 1. The minimum Gasteiger partial charge on any atom is -0.392 e. The summed E-state index contributed by atoms with van der Waals surface area (Å²) in [7, 11) is 0. The number of benzene rings is 1. The SMILES string of the molecule is OC1CCCCCC1NCc1cccc2cnccc12. The zero-order valence-electron chi connectivity index (χ0n) is 11.8. The van der Waals surface area contributed by atoms with E-state index in [-0.39, 0.29) is 12.1 Å². The molecule has 1 saturated carbocycles. The van der Waals surface area contributed by atoms with Crippen LogP contribution in [-0.4, -0.2) is 22.2 Å². The first-order chi connectivity index (χ1) is 9.84. The fourth-order valence-corrected chi connectivity index (χ4v) is 3.11. The van der Waals surface area contributed by atoms with Gasteiger partial charge in [-0.25, -0.2) is 0 Å². The zero-order valence-corrected chi connectivity index (χ0v) is 11.8. The van der Waals surface area contributed by atoms with Crippen LogP contribution in [0.5, 0.6) is 0 Å². The molecule has 0 amide bonds. The third kappa shape index (κ3) is 3.00. The summed E-state index contributed by atoms with van der Waals surface area (Å²) in [6, 6.07) is 8.61. The molecule has 0 radical (unpaired) electrons. The first kappa shape index (κ1) is 13.5. The molecule has 1 fully saturated rings. The summed E-state index contributed by atoms with van der Waals surface area (Å²) < 4.78 is 0. The standard InChI is InChI=1S/C17H22N2O/c20-17-8-3-1-2-7-16(17)19-12-14-6-4-5-13-11-18-10-9-15(13)14/h4-6,9-11,16-17,19-20H,1-3,7-8,12H2. The highest BCUT2D eigenvalue weighted by Crippen LogP contribution is 2.20. The average molecular weight is 270 g/mol. The van der Waals surface area contributed by atoms with Crippen LogP contribution >= 0.6 is 0 Å². The number of fused-ring (bicyclic) bond motifs is 1. The molecule has 20 heavy (non-hydrogen) atoms. The molecule has 2 atom stereocenters. The molecule has 2 unspecified atom stereocenters. The maximum Gasteiger partial charge on any atom is 0.0693 e. The van der Waals surface area contributed by atoms with Gasteiger partial charge in [0.25, 0.3) is 0 Å². The second-order valence-corrected chi connectivity index (χ2v) is 5.71. The quantitative estimate of drug-likeness (QED) is 0.843. The highest BCUT2D eigenvalue weighted by Gasteiger charge is 2.20. The number of rotatable bonds is 3. The van der Waals surface area contributed by atoms with Crippen LogP contribution in [0.3, 0.4) is 0 Å². The summed E-state index contributed by atoms with van der Waals surface area (Å²) in [4.78, 5) is 4.17. The molecule has 106 valence electrons. The Morgan fingerprint density at radius 3 is 3.00 bits per heavy atom. The number of aliphatic hydroxyl groups is 1. The Kier molecular flexibility index (Phi) is 4.28. The predicted molar refractivity (Wildman–Crippen MR) is 81.5 cm³/mol. The summed E-state index contributed by atoms with van der Waals surface area (Å²) in [5.74, 6) is 0. The molecular formula is C17H22N2O. The maximum atomic E-state index is 10.2. The smallest absolute Gasteiger partial charge is 0.0693 e. The molecule has 3 heteroatoms. The van der Waals surface area contributed by atoms with Crippen molar-refractivity contribution >= 4 is 10.8 Å². The molecule has 3 rings (SSSR count). The van der Waals surface area contributed by atoms with Crippen LogP contribution in [0.25, 0.3) is 10.8 Å². The molecule has 0 bridgehead atoms. The Bertz CT molecular complexity index is 564. The van der Waals surface area contributed by atoms with Crippen LogP contribution in [0, 0.1) is 0 Å². The first-order valence-corrected chi connectivity index (χ1v) is 7.57. The molecule has 0 aliphatic heterocycles. The van der Waals surface area contributed by atoms with Gasteiger partial charge in [0.05, 0.1) is 6.10 Å². The largest absolute Gasteiger partial charge is 0.392 e. The van der Waals surface area contributed by atoms with Crippen molar-refractivity contribution < 1.29 is 5.11 Å². The Labute approximate surface area is 120 Å². The summed E-state index contributed by atoms with van der Waals surface area (Å²) in [6.07, 6.45) is 9.16. The number of aliphatic hydroxyl groups excluding tert-OH is 1. The van der Waals surface area contributed by atoms with E-state index >= 15 is 0 Å². The third-order valence-electron chi connectivity index (χ3n) is 4.31. The van der Waals surface area contributed by atoms with E-state index in [1.54, 1.807) is 0 Å². The lowest BCUT2D eigenvalue weighted by Gasteiger charge is -2.22. The van der Waals surface area contributed by atoms with Gasteiger partial charge < -0.3 is 10.4 Å². The fraction of sp³-hybridized carbons (Fsp3) is 0.471. The number of hydrogen-bond acceptors (Lipinski definition) is 3. The van der Waals surface area contributed by atoms with Crippen molar-refractivity contribution in [2.24, 2.45) is 0 Å². The fourth-order valence-electron chi connectivity index (χ4n) is 3.11. The van der Waals surface area contributed by atoms with Gasteiger partial charge in [-0.05, 0) is 29.9 Å². The lowest BCUT2D eigenvalue weighted by molar-refractivity contribution is 0.119. The predicted octanol–water partition coefficient (Wildman–Crippen LogP) is 3.02. The van der Waals surface area contributed by atoms with Gasteiger partial charge in [-0.3, -0.25) is 4.98 Å². The molecule has 1 aliphatic carbocycles. The Morgan fingerprint density at radius 1 is 1.15 bits per heavy atom. The summed E-state index contributed by atoms with van der Waals surface area (Å²) in [5, 5.41) is 16.1. The Balaban J connectivity index is 1.73. The molecule has 1 aromatic carbocycles. The molecule has 1 aliphatic rings. The minimum atomic E-state index is -0.200. The topological polar surface area (TPSA) is 45.1 Å². The summed E-state index contributed by atoms with van der Waals surface area (Å²) in [5.41, 5.74) is 1.28. The van der Waals surface area contributed by atoms with Gasteiger partial charge in [-0.2, -0.15) is 0 Å². The van der Waals surface area contributed by atoms with E-state index in [9.17, 15) is 5.11 Å². The van der Waals surface area contributed by atoms with Crippen molar-refractivity contribution in [2.75, 3.05) is 0 Å². The molecule has 1 heterocycles. The van der Waals surface area contributed by atoms with Gasteiger partial charge in [0, 0.05) is 30.4 Å². The molecule has 2 aromatic rings. The summed E-state index contributed by atoms with van der Waals surface area (Å²) >= 11 is 0. The second-order valence-electron chi connectivity index (χ2n) is 5.71. The van der Waals surface area contributed by atoms with E-state index in [1.807, 2.05) is 12.4 Å². The number of hydrogen-bond donors (Lipinski definition) is 2. The van der Waals surface area contributed by atoms with Crippen molar-refractivity contribution in [1.82, 2.24) is 10.3 Å². The van der Waals surface area contributed by atoms with Crippen molar-refractivity contribution in [3.05, 3.63) is 42.2 Å². The van der Waals surface area contributed by atoms with Crippen LogP contribution < -0.4 is 5.32 Å². The Hall–Kier alpha value is -1.45. The number of nitrogens with one attached hydrogen (secondary N) is 1. The van der Waals surface area contributed by atoms with Crippen molar-refractivity contribution in [3.8, 4) is 0 Å². The van der Waals surface area contributed by atoms with Crippen LogP contribution in [0.1, 0.15) is 37.7 Å². The van der Waals surface area contributed by atoms with E-state index in [1.165, 1.54) is 29.2 Å². The normalized spacial score (nSPS) is 23.6. The van der Waals surface area contributed by atoms with Gasteiger partial charge in [-0.15, -0.1) is 0 Å². The van der Waals surface area contributed by atoms with Gasteiger partial charge in [0.2, 0.25) is 0 Å². The van der Waals surface area contributed by atoms with E-state index in [2.05, 4.69) is 34.6 Å². The number of aromatic nitrogens is 1. The highest BCUT2D eigenvalue weighted by molar-refractivity contribution is 5.84. The molecular weight excluding hydrogens is 248 g/mol. The second kappa shape index (κ2) is 6.33. The van der Waals surface area contributed by atoms with Crippen LogP contribution in [0.15, 0.2) is 36.7 Å². The molecule has 0 saturated heterocycles. The number of nitrogens with zero attached hydrogens (tertiary/aromatic N) is 1. The van der Waals surface area contributed by atoms with Gasteiger partial charge in [0.1, 0.15) is 0 Å². The average Bonchev–Trinajstić information content (AvgIpc) is 2.69. The van der Waals surface area contributed by atoms with E-state index in [0.29, 0.717) is 0 Å². The molecule has 1 aromatic heterocycles. The third-order valence-corrected chi connectivity index (χ3v) is 4.31. The van der Waals surface area contributed by atoms with E-state index in [0.717, 1.165) is 25.8 Å². The van der Waals surface area contributed by atoms with Gasteiger partial charge in [-0.1, -0.05) is 37.5 Å². The van der Waals surface area contributed by atoms with E-state index in [4.69, 9.17) is 0 Å². The highest BCUT2D eigenvalue weighted by atomic mass is 16.3. The van der Waals surface area contributed by atoms with Crippen LogP contribution in [0.2, 0.25) is 0 Å². The Morgan fingerprint density at radius 2 is 2.05 bits per heavy atom. The summed E-state index contributed by atoms with van der Waals surface area (Å²) in [6.45, 7) is 0.809. The van der Waals surface area contributed by atoms with Gasteiger partial charge in [0.15, 0.2) is 0 Å². The molecule has 3 nitrogen and oxygen atoms in total. The van der Waals surface area contributed by atoms with Crippen molar-refractivity contribution in [1.29, 1.82) is 0 Å². The van der Waals surface area contributed by atoms with Crippen LogP contribution in [-0.2, 0) is 6.54 Å². The van der Waals surface area contributed by atoms with Crippen molar-refractivity contribution in [2.45, 2.75) is 50.8 Å². The zero-order chi connectivity index (χ0) is 13.8. The molecule has 2 N–H and O–H groups in total. The lowest BCUT2D eigenvalue weighted by Crippen LogP contribution is -2.38. The molecule has 0 spiro atoms. The monoisotopic (exact) mass is 270 g/mol. The lowest BCUT2D eigenvalue weighted by atomic mass is 10.0. The maximum absolute atomic E-state index is 10.2.